The Morgan fingerprint density at radius 1 is 1.14 bits per heavy atom. The fraction of sp³-hybridized carbons (Fsp3) is 0.267. The second-order valence-corrected chi connectivity index (χ2v) is 5.10. The average Bonchev–Trinajstić information content (AvgIpc) is 2.79. The van der Waals surface area contributed by atoms with Crippen LogP contribution >= 0.6 is 0 Å². The van der Waals surface area contributed by atoms with E-state index in [0.29, 0.717) is 24.3 Å². The molecule has 0 spiro atoms. The maximum absolute atomic E-state index is 11.5. The fourth-order valence-corrected chi connectivity index (χ4v) is 2.44. The van der Waals surface area contributed by atoms with E-state index in [0.717, 1.165) is 24.3 Å². The van der Waals surface area contributed by atoms with Crippen LogP contribution in [0.3, 0.4) is 0 Å². The minimum Gasteiger partial charge on any atom is -0.371 e. The van der Waals surface area contributed by atoms with Crippen molar-refractivity contribution < 1.29 is 9.59 Å². The van der Waals surface area contributed by atoms with Crippen LogP contribution in [0.25, 0.3) is 6.08 Å². The van der Waals surface area contributed by atoms with E-state index in [1.807, 2.05) is 24.3 Å². The second kappa shape index (κ2) is 5.40. The van der Waals surface area contributed by atoms with E-state index < -0.39 is 0 Å². The number of carbonyl (C=O) groups excluding carboxylic acids is 2. The highest BCUT2D eigenvalue weighted by molar-refractivity contribution is 6.13. The summed E-state index contributed by atoms with van der Waals surface area (Å²) in [6.45, 7) is 1.53. The van der Waals surface area contributed by atoms with Gasteiger partial charge in [-0.1, -0.05) is 12.1 Å². The van der Waals surface area contributed by atoms with Gasteiger partial charge in [-0.05, 0) is 23.8 Å². The number of piperidine rings is 1. The molecule has 0 bridgehead atoms. The molecule has 21 heavy (non-hydrogen) atoms. The minimum atomic E-state index is -0.286. The molecule has 1 aromatic carbocycles. The van der Waals surface area contributed by atoms with Crippen LogP contribution in [0.1, 0.15) is 18.4 Å². The third-order valence-electron chi connectivity index (χ3n) is 3.60. The molecule has 0 aromatic heterocycles. The Balaban J connectivity index is 1.74. The van der Waals surface area contributed by atoms with Gasteiger partial charge in [0.15, 0.2) is 0 Å². The molecule has 1 aromatic rings. The number of carbonyl (C=O) groups is 2. The maximum Gasteiger partial charge on any atom is 0.276 e. The number of hydrogen-bond donors (Lipinski definition) is 2. The lowest BCUT2D eigenvalue weighted by molar-refractivity contribution is -0.119. The fourth-order valence-electron chi connectivity index (χ4n) is 2.44. The van der Waals surface area contributed by atoms with Crippen molar-refractivity contribution in [1.82, 2.24) is 5.32 Å². The van der Waals surface area contributed by atoms with Crippen molar-refractivity contribution in [3.63, 3.8) is 0 Å². The Morgan fingerprint density at radius 3 is 2.38 bits per heavy atom. The molecule has 108 valence electrons. The number of aliphatic imine (C=N–C) groups is 1. The normalized spacial score (nSPS) is 20.7. The van der Waals surface area contributed by atoms with Crippen molar-refractivity contribution in [1.29, 1.82) is 0 Å². The smallest absolute Gasteiger partial charge is 0.276 e. The van der Waals surface area contributed by atoms with Crippen LogP contribution in [0.2, 0.25) is 0 Å². The van der Waals surface area contributed by atoms with Crippen LogP contribution in [0, 0.1) is 0 Å². The van der Waals surface area contributed by atoms with Gasteiger partial charge < -0.3 is 10.6 Å². The highest BCUT2D eigenvalue weighted by Crippen LogP contribution is 2.20. The van der Waals surface area contributed by atoms with Gasteiger partial charge in [0, 0.05) is 31.6 Å². The molecule has 3 N–H and O–H groups in total. The third kappa shape index (κ3) is 2.94. The number of rotatable bonds is 2. The topological polar surface area (TPSA) is 87.8 Å². The van der Waals surface area contributed by atoms with Crippen molar-refractivity contribution in [3.05, 3.63) is 35.5 Å². The molecule has 6 heteroatoms. The highest BCUT2D eigenvalue weighted by Gasteiger charge is 2.18. The molecule has 1 fully saturated rings. The first-order valence-corrected chi connectivity index (χ1v) is 6.86. The molecule has 0 radical (unpaired) electrons. The molecular formula is C15H16N4O2. The Hall–Kier alpha value is -2.63. The summed E-state index contributed by atoms with van der Waals surface area (Å²) in [5.74, 6) is 0.169. The van der Waals surface area contributed by atoms with E-state index in [2.05, 4.69) is 15.2 Å². The Kier molecular flexibility index (Phi) is 3.43. The van der Waals surface area contributed by atoms with Gasteiger partial charge in [0.25, 0.3) is 5.91 Å². The predicted octanol–water partition coefficient (Wildman–Crippen LogP) is 0.641. The number of anilines is 1. The van der Waals surface area contributed by atoms with Crippen LogP contribution in [0.4, 0.5) is 5.69 Å². The first-order chi connectivity index (χ1) is 10.1. The Morgan fingerprint density at radius 2 is 1.81 bits per heavy atom. The van der Waals surface area contributed by atoms with E-state index in [1.54, 1.807) is 6.08 Å². The summed E-state index contributed by atoms with van der Waals surface area (Å²) in [7, 11) is 0. The number of Topliss-reactive ketones (excluding diaryl/α,β-unsaturated/α-hetero) is 1. The molecule has 0 unspecified atom stereocenters. The van der Waals surface area contributed by atoms with Gasteiger partial charge in [-0.3, -0.25) is 14.9 Å². The van der Waals surface area contributed by atoms with Gasteiger partial charge in [-0.25, -0.2) is 4.99 Å². The summed E-state index contributed by atoms with van der Waals surface area (Å²) < 4.78 is 0. The largest absolute Gasteiger partial charge is 0.371 e. The van der Waals surface area contributed by atoms with Crippen LogP contribution in [-0.4, -0.2) is 30.7 Å². The highest BCUT2D eigenvalue weighted by atomic mass is 16.2. The standard InChI is InChI=1S/C15H16N4O2/c16-15-17-13(14(21)18-15)9-10-1-3-11(4-2-10)19-7-5-12(20)6-8-19/h1-4,9H,5-8H2,(H3,16,17,18,21)/b13-9-. The number of benzene rings is 1. The molecular weight excluding hydrogens is 268 g/mol. The summed E-state index contributed by atoms with van der Waals surface area (Å²) in [6.07, 6.45) is 2.92. The van der Waals surface area contributed by atoms with Crippen LogP contribution in [-0.2, 0) is 9.59 Å². The lowest BCUT2D eigenvalue weighted by Gasteiger charge is -2.28. The number of amides is 1. The van der Waals surface area contributed by atoms with Crippen molar-refractivity contribution >= 4 is 29.4 Å². The van der Waals surface area contributed by atoms with Gasteiger partial charge in [0.2, 0.25) is 5.96 Å². The van der Waals surface area contributed by atoms with Gasteiger partial charge in [0.1, 0.15) is 11.5 Å². The van der Waals surface area contributed by atoms with Gasteiger partial charge in [-0.15, -0.1) is 0 Å². The molecule has 2 aliphatic heterocycles. The van der Waals surface area contributed by atoms with E-state index in [1.165, 1.54) is 0 Å². The van der Waals surface area contributed by atoms with Gasteiger partial charge in [0.05, 0.1) is 0 Å². The first-order valence-electron chi connectivity index (χ1n) is 6.86. The number of nitrogens with two attached hydrogens (primary N) is 1. The molecule has 2 heterocycles. The predicted molar refractivity (Wildman–Crippen MR) is 80.6 cm³/mol. The van der Waals surface area contributed by atoms with Crippen molar-refractivity contribution in [2.24, 2.45) is 10.7 Å². The number of nitrogens with zero attached hydrogens (tertiary/aromatic N) is 2. The zero-order valence-corrected chi connectivity index (χ0v) is 11.5. The minimum absolute atomic E-state index is 0.126. The zero-order valence-electron chi connectivity index (χ0n) is 11.5. The summed E-state index contributed by atoms with van der Waals surface area (Å²) in [4.78, 5) is 28.9. The third-order valence-corrected chi connectivity index (χ3v) is 3.60. The molecule has 1 amide bonds. The number of nitrogens with one attached hydrogen (secondary N) is 1. The van der Waals surface area contributed by atoms with E-state index in [4.69, 9.17) is 5.73 Å². The second-order valence-electron chi connectivity index (χ2n) is 5.10. The van der Waals surface area contributed by atoms with Crippen molar-refractivity contribution in [2.75, 3.05) is 18.0 Å². The lowest BCUT2D eigenvalue weighted by Crippen LogP contribution is -2.33. The molecule has 2 aliphatic rings. The molecule has 0 saturated carbocycles. The first kappa shape index (κ1) is 13.4. The van der Waals surface area contributed by atoms with E-state index >= 15 is 0 Å². The van der Waals surface area contributed by atoms with Gasteiger partial charge in [-0.2, -0.15) is 0 Å². The molecule has 0 aliphatic carbocycles. The molecule has 6 nitrogen and oxygen atoms in total. The number of ketones is 1. The van der Waals surface area contributed by atoms with Crippen LogP contribution in [0.5, 0.6) is 0 Å². The Labute approximate surface area is 122 Å². The summed E-state index contributed by atoms with van der Waals surface area (Å²) in [6, 6.07) is 7.83. The number of guanidine groups is 1. The number of hydrogen-bond acceptors (Lipinski definition) is 5. The molecule has 3 rings (SSSR count). The summed E-state index contributed by atoms with van der Waals surface area (Å²) in [5.41, 5.74) is 7.73. The zero-order chi connectivity index (χ0) is 14.8. The van der Waals surface area contributed by atoms with E-state index in [9.17, 15) is 9.59 Å². The van der Waals surface area contributed by atoms with Crippen LogP contribution in [0.15, 0.2) is 35.0 Å². The lowest BCUT2D eigenvalue weighted by atomic mass is 10.1. The average molecular weight is 284 g/mol. The maximum atomic E-state index is 11.5. The van der Waals surface area contributed by atoms with Crippen molar-refractivity contribution in [3.8, 4) is 0 Å². The monoisotopic (exact) mass is 284 g/mol. The Bertz CT molecular complexity index is 636. The summed E-state index contributed by atoms with van der Waals surface area (Å²) >= 11 is 0. The van der Waals surface area contributed by atoms with Crippen molar-refractivity contribution in [2.45, 2.75) is 12.8 Å². The van der Waals surface area contributed by atoms with Crippen LogP contribution < -0.4 is 16.0 Å². The molecule has 0 atom stereocenters. The molecule has 1 saturated heterocycles. The van der Waals surface area contributed by atoms with Gasteiger partial charge >= 0.3 is 0 Å². The summed E-state index contributed by atoms with van der Waals surface area (Å²) in [5, 5.41) is 2.43. The van der Waals surface area contributed by atoms with E-state index in [-0.39, 0.29) is 11.9 Å². The quantitative estimate of drug-likeness (QED) is 0.780. The SMILES string of the molecule is NC1=N/C(=C\c2ccc(N3CCC(=O)CC3)cc2)C(=O)N1.